The van der Waals surface area contributed by atoms with Crippen molar-refractivity contribution in [1.29, 1.82) is 0 Å². The van der Waals surface area contributed by atoms with Gasteiger partial charge in [-0.1, -0.05) is 42.5 Å². The van der Waals surface area contributed by atoms with E-state index in [0.717, 1.165) is 45.6 Å². The van der Waals surface area contributed by atoms with E-state index < -0.39 is 17.8 Å². The average Bonchev–Trinajstić information content (AvgIpc) is 3.28. The molecule has 1 saturated carbocycles. The molecule has 4 atom stereocenters. The van der Waals surface area contributed by atoms with Crippen molar-refractivity contribution in [3.63, 3.8) is 0 Å². The van der Waals surface area contributed by atoms with Crippen LogP contribution in [0, 0.1) is 23.7 Å². The molecule has 2 bridgehead atoms. The Morgan fingerprint density at radius 1 is 1.04 bits per heavy atom. The number of nitrogens with zero attached hydrogens (tertiary/aromatic N) is 1. The van der Waals surface area contributed by atoms with E-state index in [9.17, 15) is 14.7 Å². The van der Waals surface area contributed by atoms with E-state index in [0.29, 0.717) is 0 Å². The fraction of sp³-hybridized carbons (Fsp3) is 0.524. The van der Waals surface area contributed by atoms with Gasteiger partial charge in [-0.3, -0.25) is 4.79 Å². The van der Waals surface area contributed by atoms with Crippen molar-refractivity contribution in [3.8, 4) is 0 Å². The number of carbonyl (C=O) groups is 2. The second kappa shape index (κ2) is 7.23. The van der Waals surface area contributed by atoms with Crippen LogP contribution >= 0.6 is 0 Å². The van der Waals surface area contributed by atoms with E-state index in [1.807, 2.05) is 23.1 Å². The topological polar surface area (TPSA) is 64.9 Å². The number of rotatable bonds is 5. The normalized spacial score (nSPS) is 30.7. The van der Waals surface area contributed by atoms with Crippen molar-refractivity contribution in [1.82, 2.24) is 4.90 Å². The summed E-state index contributed by atoms with van der Waals surface area (Å²) < 4.78 is 0. The van der Waals surface area contributed by atoms with Gasteiger partial charge in [0.1, 0.15) is 0 Å². The molecule has 5 heteroatoms. The van der Waals surface area contributed by atoms with Gasteiger partial charge in [-0.05, 0) is 23.8 Å². The number of carbonyl (C=O) groups excluding carboxylic acids is 2. The number of piperazine rings is 1. The number of quaternary nitrogens is 1. The second-order valence-electron chi connectivity index (χ2n) is 7.88. The maximum absolute atomic E-state index is 13.0. The highest BCUT2D eigenvalue weighted by molar-refractivity contribution is 5.86. The Morgan fingerprint density at radius 3 is 2.35 bits per heavy atom. The fourth-order valence-electron chi connectivity index (χ4n) is 4.95. The van der Waals surface area contributed by atoms with Gasteiger partial charge in [-0.2, -0.15) is 0 Å². The first-order chi connectivity index (χ1) is 12.6. The molecule has 2 fully saturated rings. The zero-order valence-electron chi connectivity index (χ0n) is 15.0. The molecular weight excluding hydrogens is 328 g/mol. The smallest absolute Gasteiger partial charge is 0.227 e. The Bertz CT molecular complexity index is 694. The number of fused-ring (bicyclic) bond motifs is 2. The number of nitrogens with one attached hydrogen (secondary N) is 1. The highest BCUT2D eigenvalue weighted by atomic mass is 16.4. The molecule has 1 aliphatic heterocycles. The molecule has 3 aliphatic rings. The Labute approximate surface area is 154 Å². The number of aliphatic carboxylic acids is 1. The molecule has 4 rings (SSSR count). The third kappa shape index (κ3) is 3.28. The number of carboxylic acid groups (broad SMARTS) is 1. The van der Waals surface area contributed by atoms with Gasteiger partial charge < -0.3 is 19.7 Å². The minimum atomic E-state index is -1.06. The number of allylic oxidation sites excluding steroid dienone is 2. The van der Waals surface area contributed by atoms with Crippen molar-refractivity contribution in [2.24, 2.45) is 23.7 Å². The zero-order chi connectivity index (χ0) is 18.1. The van der Waals surface area contributed by atoms with E-state index in [1.54, 1.807) is 0 Å². The maximum Gasteiger partial charge on any atom is 0.227 e. The Hall–Kier alpha value is -2.14. The lowest BCUT2D eigenvalue weighted by Gasteiger charge is -2.37. The van der Waals surface area contributed by atoms with Crippen molar-refractivity contribution in [2.75, 3.05) is 32.7 Å². The number of hydrogen-bond donors (Lipinski definition) is 1. The SMILES string of the molecule is O=C([O-])[C@@H]1[C@@H](C(=O)N2CC[NH+](CCc3ccccc3)CC2)[C@@H]2C=C[C@@H]1C2. The summed E-state index contributed by atoms with van der Waals surface area (Å²) in [5.41, 5.74) is 1.35. The molecule has 1 N–H and O–H groups in total. The van der Waals surface area contributed by atoms with Gasteiger partial charge in [0.2, 0.25) is 5.91 Å². The van der Waals surface area contributed by atoms with Crippen LogP contribution in [0.15, 0.2) is 42.5 Å². The summed E-state index contributed by atoms with van der Waals surface area (Å²) in [4.78, 5) is 27.9. The van der Waals surface area contributed by atoms with E-state index in [2.05, 4.69) is 24.3 Å². The summed E-state index contributed by atoms with van der Waals surface area (Å²) >= 11 is 0. The van der Waals surface area contributed by atoms with Gasteiger partial charge in [-0.25, -0.2) is 0 Å². The first-order valence-corrected chi connectivity index (χ1v) is 9.69. The lowest BCUT2D eigenvalue weighted by atomic mass is 9.82. The molecule has 5 nitrogen and oxygen atoms in total. The van der Waals surface area contributed by atoms with E-state index in [-0.39, 0.29) is 17.7 Å². The lowest BCUT2D eigenvalue weighted by Crippen LogP contribution is -3.15. The quantitative estimate of drug-likeness (QED) is 0.700. The predicted molar refractivity (Wildman–Crippen MR) is 95.0 cm³/mol. The highest BCUT2D eigenvalue weighted by Gasteiger charge is 2.50. The summed E-state index contributed by atoms with van der Waals surface area (Å²) in [5.74, 6) is -2.03. The molecule has 138 valence electrons. The molecule has 1 aromatic carbocycles. The van der Waals surface area contributed by atoms with Crippen LogP contribution < -0.4 is 10.0 Å². The lowest BCUT2D eigenvalue weighted by molar-refractivity contribution is -0.903. The third-order valence-electron chi connectivity index (χ3n) is 6.41. The highest BCUT2D eigenvalue weighted by Crippen LogP contribution is 2.48. The van der Waals surface area contributed by atoms with Gasteiger partial charge in [0.05, 0.1) is 38.6 Å². The van der Waals surface area contributed by atoms with Gasteiger partial charge >= 0.3 is 0 Å². The van der Waals surface area contributed by atoms with Crippen LogP contribution in [0.4, 0.5) is 0 Å². The number of benzene rings is 1. The fourth-order valence-corrected chi connectivity index (χ4v) is 4.95. The molecule has 1 aromatic rings. The molecule has 0 spiro atoms. The summed E-state index contributed by atoms with van der Waals surface area (Å²) in [5, 5.41) is 11.5. The van der Waals surface area contributed by atoms with Crippen molar-refractivity contribution >= 4 is 11.9 Å². The van der Waals surface area contributed by atoms with Crippen LogP contribution in [0.1, 0.15) is 12.0 Å². The van der Waals surface area contributed by atoms with Crippen LogP contribution in [-0.4, -0.2) is 49.5 Å². The molecule has 26 heavy (non-hydrogen) atoms. The van der Waals surface area contributed by atoms with Gasteiger partial charge in [-0.15, -0.1) is 0 Å². The minimum absolute atomic E-state index is 0.0169. The molecule has 2 aliphatic carbocycles. The van der Waals surface area contributed by atoms with Crippen LogP contribution in [0.2, 0.25) is 0 Å². The molecule has 0 aromatic heterocycles. The number of carboxylic acids is 1. The van der Waals surface area contributed by atoms with E-state index in [1.165, 1.54) is 10.5 Å². The Balaban J connectivity index is 1.31. The molecule has 1 heterocycles. The predicted octanol–water partition coefficient (Wildman–Crippen LogP) is -0.856. The molecule has 0 unspecified atom stereocenters. The summed E-state index contributed by atoms with van der Waals surface area (Å²) in [6.07, 6.45) is 5.83. The van der Waals surface area contributed by atoms with E-state index >= 15 is 0 Å². The molecule has 1 amide bonds. The summed E-state index contributed by atoms with van der Waals surface area (Å²) in [6, 6.07) is 10.5. The Kier molecular flexibility index (Phi) is 4.81. The number of hydrogen-bond acceptors (Lipinski definition) is 3. The van der Waals surface area contributed by atoms with Crippen LogP contribution in [-0.2, 0) is 16.0 Å². The zero-order valence-corrected chi connectivity index (χ0v) is 15.0. The van der Waals surface area contributed by atoms with Crippen molar-refractivity contribution in [3.05, 3.63) is 48.0 Å². The summed E-state index contributed by atoms with van der Waals surface area (Å²) in [6.45, 7) is 4.39. The van der Waals surface area contributed by atoms with Gasteiger partial charge in [0.25, 0.3) is 0 Å². The molecular formula is C21H26N2O3. The third-order valence-corrected chi connectivity index (χ3v) is 6.41. The molecule has 1 saturated heterocycles. The Morgan fingerprint density at radius 2 is 1.69 bits per heavy atom. The van der Waals surface area contributed by atoms with E-state index in [4.69, 9.17) is 0 Å². The summed E-state index contributed by atoms with van der Waals surface area (Å²) in [7, 11) is 0. The van der Waals surface area contributed by atoms with Crippen molar-refractivity contribution < 1.29 is 19.6 Å². The van der Waals surface area contributed by atoms with Crippen molar-refractivity contribution in [2.45, 2.75) is 12.8 Å². The van der Waals surface area contributed by atoms with Gasteiger partial charge in [0, 0.05) is 18.3 Å². The molecule has 0 radical (unpaired) electrons. The second-order valence-corrected chi connectivity index (χ2v) is 7.88. The van der Waals surface area contributed by atoms with Crippen LogP contribution in [0.25, 0.3) is 0 Å². The largest absolute Gasteiger partial charge is 0.550 e. The minimum Gasteiger partial charge on any atom is -0.550 e. The van der Waals surface area contributed by atoms with Crippen LogP contribution in [0.5, 0.6) is 0 Å². The first kappa shape index (κ1) is 17.3. The van der Waals surface area contributed by atoms with Gasteiger partial charge in [0.15, 0.2) is 0 Å². The average molecular weight is 354 g/mol. The standard InChI is InChI=1S/C21H26N2O3/c24-20(18-16-6-7-17(14-16)19(18)21(25)26)23-12-10-22(11-13-23)9-8-15-4-2-1-3-5-15/h1-7,16-19H,8-14H2,(H,25,26)/t16-,17-,18+,19+/m1/s1. The monoisotopic (exact) mass is 354 g/mol. The first-order valence-electron chi connectivity index (χ1n) is 9.69. The number of amides is 1. The van der Waals surface area contributed by atoms with Crippen LogP contribution in [0.3, 0.4) is 0 Å². The maximum atomic E-state index is 13.0.